The molecule has 2 saturated heterocycles. The Kier molecular flexibility index (Phi) is 7.47. The molecule has 1 N–H and O–H groups in total. The van der Waals surface area contributed by atoms with Gasteiger partial charge in [-0.1, -0.05) is 78.9 Å². The summed E-state index contributed by atoms with van der Waals surface area (Å²) in [4.78, 5) is 40.1. The zero-order chi connectivity index (χ0) is 27.6. The van der Waals surface area contributed by atoms with Gasteiger partial charge in [-0.2, -0.15) is 0 Å². The van der Waals surface area contributed by atoms with Crippen molar-refractivity contribution in [2.24, 2.45) is 0 Å². The number of para-hydroxylation sites is 1. The minimum atomic E-state index is -2.31. The molecule has 0 saturated carbocycles. The summed E-state index contributed by atoms with van der Waals surface area (Å²) in [6, 6.07) is 23.9. The largest absolute Gasteiger partial charge is 0.484 e. The number of β-lactam (4-membered cyclic amide) rings is 1. The number of esters is 1. The lowest BCUT2D eigenvalue weighted by Crippen LogP contribution is -2.81. The number of alkyl halides is 1. The summed E-state index contributed by atoms with van der Waals surface area (Å²) in [6.07, 6.45) is -0.844. The number of nitrogens with one attached hydrogen (secondary N) is 1. The maximum absolute atomic E-state index is 15.8. The third-order valence-corrected chi connectivity index (χ3v) is 8.60. The highest BCUT2D eigenvalue weighted by Crippen LogP contribution is 2.40. The third-order valence-electron chi connectivity index (χ3n) is 6.71. The summed E-state index contributed by atoms with van der Waals surface area (Å²) < 4.78 is 40.1. The number of halogens is 1. The van der Waals surface area contributed by atoms with Crippen LogP contribution in [0.5, 0.6) is 5.75 Å². The monoisotopic (exact) mass is 550 g/mol. The molecule has 2 aliphatic rings. The summed E-state index contributed by atoms with van der Waals surface area (Å²) >= 11 is 0. The van der Waals surface area contributed by atoms with Gasteiger partial charge < -0.3 is 19.7 Å². The Bertz CT molecular complexity index is 1330. The molecule has 0 radical (unpaired) electrons. The van der Waals surface area contributed by atoms with Gasteiger partial charge >= 0.3 is 5.97 Å². The first-order chi connectivity index (χ1) is 18.8. The fourth-order valence-electron chi connectivity index (χ4n) is 4.91. The molecule has 0 bridgehead atoms. The first-order valence-electron chi connectivity index (χ1n) is 12.4. The van der Waals surface area contributed by atoms with Crippen LogP contribution in [0.4, 0.5) is 4.39 Å². The summed E-state index contributed by atoms with van der Waals surface area (Å²) in [5, 5.41) is 1.46. The van der Waals surface area contributed by atoms with Crippen molar-refractivity contribution < 1.29 is 32.5 Å². The van der Waals surface area contributed by atoms with Gasteiger partial charge in [0.2, 0.25) is 5.91 Å². The average molecular weight is 551 g/mol. The van der Waals surface area contributed by atoms with Gasteiger partial charge in [0.05, 0.1) is 16.6 Å². The van der Waals surface area contributed by atoms with Crippen LogP contribution in [0.1, 0.15) is 24.2 Å². The first kappa shape index (κ1) is 26.6. The molecule has 0 aromatic heterocycles. The van der Waals surface area contributed by atoms with Gasteiger partial charge in [0, 0.05) is 0 Å². The Morgan fingerprint density at radius 3 is 2.10 bits per heavy atom. The molecule has 0 aliphatic carbocycles. The molecule has 3 aromatic rings. The van der Waals surface area contributed by atoms with Gasteiger partial charge in [0.25, 0.3) is 5.91 Å². The molecule has 5 rings (SSSR count). The molecule has 2 fully saturated rings. The Balaban J connectivity index is 1.33. The van der Waals surface area contributed by atoms with Crippen LogP contribution in [0.3, 0.4) is 0 Å². The van der Waals surface area contributed by atoms with E-state index in [9.17, 15) is 18.6 Å². The van der Waals surface area contributed by atoms with Crippen molar-refractivity contribution in [2.45, 2.75) is 36.2 Å². The smallest absolute Gasteiger partial charge is 0.333 e. The van der Waals surface area contributed by atoms with Crippen molar-refractivity contribution in [3.05, 3.63) is 102 Å². The van der Waals surface area contributed by atoms with Gasteiger partial charge in [-0.3, -0.25) is 13.8 Å². The van der Waals surface area contributed by atoms with Crippen molar-refractivity contribution in [3.8, 4) is 5.75 Å². The molecule has 10 heteroatoms. The fourth-order valence-corrected chi connectivity index (χ4v) is 6.76. The molecule has 1 unspecified atom stereocenters. The van der Waals surface area contributed by atoms with E-state index in [1.165, 1.54) is 0 Å². The van der Waals surface area contributed by atoms with Crippen molar-refractivity contribution in [1.82, 2.24) is 10.2 Å². The summed E-state index contributed by atoms with van der Waals surface area (Å²) in [5.74, 6) is -2.28. The molecule has 2 heterocycles. The van der Waals surface area contributed by atoms with E-state index in [2.05, 4.69) is 5.32 Å². The minimum absolute atomic E-state index is 0.366. The number of rotatable bonds is 8. The van der Waals surface area contributed by atoms with E-state index in [-0.39, 0.29) is 6.61 Å². The van der Waals surface area contributed by atoms with Crippen molar-refractivity contribution in [3.63, 3.8) is 0 Å². The maximum Gasteiger partial charge on any atom is 0.333 e. The van der Waals surface area contributed by atoms with E-state index in [1.807, 2.05) is 12.1 Å². The lowest BCUT2D eigenvalue weighted by molar-refractivity contribution is -0.176. The van der Waals surface area contributed by atoms with Crippen molar-refractivity contribution in [2.75, 3.05) is 12.4 Å². The first-order valence-corrected chi connectivity index (χ1v) is 13.8. The number of nitrogens with zero attached hydrogens (tertiary/aromatic N) is 1. The van der Waals surface area contributed by atoms with E-state index in [1.54, 1.807) is 78.9 Å². The third kappa shape index (κ3) is 5.42. The van der Waals surface area contributed by atoms with E-state index in [0.29, 0.717) is 16.9 Å². The highest BCUT2D eigenvalue weighted by atomic mass is 32.2. The van der Waals surface area contributed by atoms with E-state index in [0.717, 1.165) is 11.8 Å². The highest BCUT2D eigenvalue weighted by Gasteiger charge is 2.65. The Hall–Kier alpha value is -4.05. The summed E-state index contributed by atoms with van der Waals surface area (Å²) in [6.45, 7) is 0.773. The molecule has 0 spiro atoms. The molecular formula is C29H27FN2O6S. The second kappa shape index (κ2) is 11.0. The standard InChI is InChI=1S/C29H27FN2O6S/c1-29(30)18-39(36)27-23(31-22(33)17-37-21-15-9-4-10-16-21)26(34)32(27)25(29)28(35)38-24(19-11-5-2-6-12-19)20-13-7-3-8-14-20/h2-16,23-25,27H,17-18H2,1H3,(H,31,33)/t23-,25+,27-,29-,39?/m1/s1. The van der Waals surface area contributed by atoms with Crippen LogP contribution in [0.25, 0.3) is 0 Å². The maximum atomic E-state index is 15.8. The lowest BCUT2D eigenvalue weighted by Gasteiger charge is -2.55. The molecule has 2 amide bonds. The molecule has 2 aliphatic heterocycles. The van der Waals surface area contributed by atoms with Crippen LogP contribution in [-0.4, -0.2) is 62.4 Å². The van der Waals surface area contributed by atoms with Crippen LogP contribution in [0, 0.1) is 0 Å². The number of carbonyl (C=O) groups is 3. The number of ether oxygens (including phenoxy) is 2. The molecule has 5 atom stereocenters. The van der Waals surface area contributed by atoms with Crippen LogP contribution in [0.2, 0.25) is 0 Å². The van der Waals surface area contributed by atoms with Crippen LogP contribution >= 0.6 is 0 Å². The predicted molar refractivity (Wildman–Crippen MR) is 142 cm³/mol. The normalized spacial score (nSPS) is 25.8. The number of amides is 2. The second-order valence-electron chi connectivity index (χ2n) is 9.63. The summed E-state index contributed by atoms with van der Waals surface area (Å²) in [5.41, 5.74) is -0.962. The summed E-state index contributed by atoms with van der Waals surface area (Å²) in [7, 11) is -1.86. The number of benzene rings is 3. The number of carbonyl (C=O) groups excluding carboxylic acids is 3. The molecular weight excluding hydrogens is 523 g/mol. The molecule has 8 nitrogen and oxygen atoms in total. The molecule has 39 heavy (non-hydrogen) atoms. The fraction of sp³-hybridized carbons (Fsp3) is 0.276. The van der Waals surface area contributed by atoms with Gasteiger partial charge in [-0.05, 0) is 30.2 Å². The SMILES string of the molecule is C[C@@]1(F)CS(=O)[C@@H]2[C@H](NC(=O)COc3ccccc3)C(=O)N2[C@H]1C(=O)OC(c1ccccc1)c1ccccc1. The minimum Gasteiger partial charge on any atom is -0.484 e. The zero-order valence-corrected chi connectivity index (χ0v) is 21.9. The Labute approximate surface area is 227 Å². The van der Waals surface area contributed by atoms with Crippen molar-refractivity contribution in [1.29, 1.82) is 0 Å². The van der Waals surface area contributed by atoms with E-state index in [4.69, 9.17) is 9.47 Å². The Morgan fingerprint density at radius 1 is 1.00 bits per heavy atom. The van der Waals surface area contributed by atoms with Crippen LogP contribution < -0.4 is 10.1 Å². The molecule has 3 aromatic carbocycles. The van der Waals surface area contributed by atoms with Crippen LogP contribution in [0.15, 0.2) is 91.0 Å². The number of fused-ring (bicyclic) bond motifs is 1. The quantitative estimate of drug-likeness (QED) is 0.342. The van der Waals surface area contributed by atoms with E-state index >= 15 is 4.39 Å². The second-order valence-corrected chi connectivity index (χ2v) is 11.2. The Morgan fingerprint density at radius 2 is 1.54 bits per heavy atom. The van der Waals surface area contributed by atoms with Crippen molar-refractivity contribution >= 4 is 28.6 Å². The van der Waals surface area contributed by atoms with E-state index < -0.39 is 63.6 Å². The average Bonchev–Trinajstić information content (AvgIpc) is 2.94. The predicted octanol–water partition coefficient (Wildman–Crippen LogP) is 2.91. The van der Waals surface area contributed by atoms with Gasteiger partial charge in [-0.25, -0.2) is 9.18 Å². The lowest BCUT2D eigenvalue weighted by atomic mass is 9.92. The highest BCUT2D eigenvalue weighted by molar-refractivity contribution is 7.86. The van der Waals surface area contributed by atoms with Gasteiger partial charge in [0.15, 0.2) is 24.4 Å². The van der Waals surface area contributed by atoms with Gasteiger partial charge in [-0.15, -0.1) is 0 Å². The number of hydrogen-bond acceptors (Lipinski definition) is 6. The topological polar surface area (TPSA) is 102 Å². The van der Waals surface area contributed by atoms with Crippen LogP contribution in [-0.2, 0) is 29.9 Å². The molecule has 202 valence electrons. The zero-order valence-electron chi connectivity index (χ0n) is 21.1. The number of hydrogen-bond donors (Lipinski definition) is 1. The van der Waals surface area contributed by atoms with Gasteiger partial charge in [0.1, 0.15) is 17.2 Å².